The van der Waals surface area contributed by atoms with Gasteiger partial charge in [-0.05, 0) is 26.0 Å². The molecule has 0 unspecified atom stereocenters. The fourth-order valence-corrected chi connectivity index (χ4v) is 1.19. The molecule has 0 fully saturated rings. The van der Waals surface area contributed by atoms with Crippen LogP contribution in [0.5, 0.6) is 0 Å². The van der Waals surface area contributed by atoms with E-state index in [0.717, 1.165) is 5.69 Å². The van der Waals surface area contributed by atoms with Crippen LogP contribution in [0.15, 0.2) is 31.0 Å². The number of hydrogen-bond donors (Lipinski definition) is 2. The summed E-state index contributed by atoms with van der Waals surface area (Å²) in [6.45, 7) is 8.11. The lowest BCUT2D eigenvalue weighted by Crippen LogP contribution is -2.30. The van der Waals surface area contributed by atoms with Gasteiger partial charge in [0.25, 0.3) is 5.91 Å². The van der Waals surface area contributed by atoms with Crippen molar-refractivity contribution >= 4 is 11.6 Å². The number of hydrogen-bond acceptors (Lipinski definition) is 3. The van der Waals surface area contributed by atoms with E-state index in [-0.39, 0.29) is 11.9 Å². The Morgan fingerprint density at radius 1 is 1.62 bits per heavy atom. The molecule has 0 aliphatic heterocycles. The van der Waals surface area contributed by atoms with Crippen LogP contribution in [-0.2, 0) is 0 Å². The minimum atomic E-state index is -0.155. The van der Waals surface area contributed by atoms with Crippen molar-refractivity contribution in [3.63, 3.8) is 0 Å². The Labute approximate surface area is 95.8 Å². The molecule has 0 aromatic carbocycles. The number of carbonyl (C=O) groups excluding carboxylic acids is 1. The summed E-state index contributed by atoms with van der Waals surface area (Å²) in [5.41, 5.74) is 1.28. The van der Waals surface area contributed by atoms with E-state index in [1.54, 1.807) is 18.3 Å². The maximum atomic E-state index is 11.7. The van der Waals surface area contributed by atoms with Crippen molar-refractivity contribution in [1.29, 1.82) is 0 Å². The third-order valence-corrected chi connectivity index (χ3v) is 1.86. The molecule has 2 N–H and O–H groups in total. The van der Waals surface area contributed by atoms with Gasteiger partial charge in [0.2, 0.25) is 0 Å². The molecule has 0 aliphatic carbocycles. The minimum absolute atomic E-state index is 0.110. The number of amides is 1. The molecular weight excluding hydrogens is 202 g/mol. The van der Waals surface area contributed by atoms with Gasteiger partial charge in [0.15, 0.2) is 0 Å². The molecule has 0 saturated carbocycles. The van der Waals surface area contributed by atoms with Crippen LogP contribution in [-0.4, -0.2) is 23.5 Å². The quantitative estimate of drug-likeness (QED) is 0.743. The van der Waals surface area contributed by atoms with Gasteiger partial charge in [-0.15, -0.1) is 6.58 Å². The van der Waals surface area contributed by atoms with Crippen LogP contribution in [0.25, 0.3) is 0 Å². The molecule has 0 bridgehead atoms. The summed E-state index contributed by atoms with van der Waals surface area (Å²) in [6.07, 6.45) is 3.37. The largest absolute Gasteiger partial charge is 0.381 e. The first-order chi connectivity index (χ1) is 7.63. The Balaban J connectivity index is 2.73. The maximum Gasteiger partial charge on any atom is 0.270 e. The average molecular weight is 219 g/mol. The first kappa shape index (κ1) is 12.2. The summed E-state index contributed by atoms with van der Waals surface area (Å²) in [5.74, 6) is -0.155. The minimum Gasteiger partial charge on any atom is -0.381 e. The van der Waals surface area contributed by atoms with E-state index in [4.69, 9.17) is 0 Å². The third-order valence-electron chi connectivity index (χ3n) is 1.86. The van der Waals surface area contributed by atoms with Crippen molar-refractivity contribution in [3.8, 4) is 0 Å². The lowest BCUT2D eigenvalue weighted by Gasteiger charge is -2.09. The number of nitrogens with one attached hydrogen (secondary N) is 2. The van der Waals surface area contributed by atoms with Gasteiger partial charge in [0.1, 0.15) is 5.69 Å². The fourth-order valence-electron chi connectivity index (χ4n) is 1.19. The second-order valence-electron chi connectivity index (χ2n) is 3.73. The molecule has 0 spiro atoms. The molecule has 4 nitrogen and oxygen atoms in total. The standard InChI is InChI=1S/C12H17N3O/c1-4-6-13-10-5-7-14-11(8-10)12(16)15-9(2)3/h4-5,7-9H,1,6H2,2-3H3,(H,13,14)(H,15,16). The lowest BCUT2D eigenvalue weighted by atomic mass is 10.3. The van der Waals surface area contributed by atoms with Crippen molar-refractivity contribution in [3.05, 3.63) is 36.7 Å². The summed E-state index contributed by atoms with van der Waals surface area (Å²) in [4.78, 5) is 15.7. The van der Waals surface area contributed by atoms with Crippen molar-refractivity contribution in [2.75, 3.05) is 11.9 Å². The molecule has 0 atom stereocenters. The van der Waals surface area contributed by atoms with Crippen LogP contribution in [0.2, 0.25) is 0 Å². The maximum absolute atomic E-state index is 11.7. The van der Waals surface area contributed by atoms with Crippen molar-refractivity contribution in [2.24, 2.45) is 0 Å². The van der Waals surface area contributed by atoms with Gasteiger partial charge in [-0.2, -0.15) is 0 Å². The molecule has 1 aromatic rings. The van der Waals surface area contributed by atoms with Crippen LogP contribution in [0, 0.1) is 0 Å². The number of pyridine rings is 1. The average Bonchev–Trinajstić information content (AvgIpc) is 2.26. The lowest BCUT2D eigenvalue weighted by molar-refractivity contribution is 0.0938. The predicted octanol–water partition coefficient (Wildman–Crippen LogP) is 1.82. The van der Waals surface area contributed by atoms with Gasteiger partial charge in [-0.25, -0.2) is 0 Å². The Kier molecular flexibility index (Phi) is 4.51. The molecule has 16 heavy (non-hydrogen) atoms. The molecule has 0 radical (unpaired) electrons. The van der Waals surface area contributed by atoms with Crippen LogP contribution in [0.1, 0.15) is 24.3 Å². The van der Waals surface area contributed by atoms with E-state index < -0.39 is 0 Å². The summed E-state index contributed by atoms with van der Waals surface area (Å²) in [7, 11) is 0. The Hall–Kier alpha value is -1.84. The molecule has 0 aliphatic rings. The zero-order chi connectivity index (χ0) is 12.0. The van der Waals surface area contributed by atoms with Gasteiger partial charge in [-0.1, -0.05) is 6.08 Å². The molecule has 1 amide bonds. The van der Waals surface area contributed by atoms with Crippen molar-refractivity contribution in [2.45, 2.75) is 19.9 Å². The van der Waals surface area contributed by atoms with Gasteiger partial charge >= 0.3 is 0 Å². The second-order valence-corrected chi connectivity index (χ2v) is 3.73. The second kappa shape index (κ2) is 5.90. The van der Waals surface area contributed by atoms with Gasteiger partial charge < -0.3 is 10.6 Å². The van der Waals surface area contributed by atoms with E-state index in [1.807, 2.05) is 19.9 Å². The summed E-state index contributed by atoms with van der Waals surface area (Å²) < 4.78 is 0. The molecule has 86 valence electrons. The third kappa shape index (κ3) is 3.73. The number of anilines is 1. The number of nitrogens with zero attached hydrogens (tertiary/aromatic N) is 1. The van der Waals surface area contributed by atoms with Crippen LogP contribution in [0.4, 0.5) is 5.69 Å². The number of aromatic nitrogens is 1. The van der Waals surface area contributed by atoms with Crippen LogP contribution < -0.4 is 10.6 Å². The highest BCUT2D eigenvalue weighted by Gasteiger charge is 2.08. The van der Waals surface area contributed by atoms with E-state index in [9.17, 15) is 4.79 Å². The SMILES string of the molecule is C=CCNc1ccnc(C(=O)NC(C)C)c1. The first-order valence-corrected chi connectivity index (χ1v) is 5.25. The molecule has 4 heteroatoms. The predicted molar refractivity (Wildman–Crippen MR) is 65.5 cm³/mol. The van der Waals surface area contributed by atoms with Gasteiger partial charge in [0, 0.05) is 24.5 Å². The van der Waals surface area contributed by atoms with Crippen LogP contribution in [0.3, 0.4) is 0 Å². The van der Waals surface area contributed by atoms with E-state index >= 15 is 0 Å². The Bertz CT molecular complexity index is 374. The van der Waals surface area contributed by atoms with E-state index in [0.29, 0.717) is 12.2 Å². The number of rotatable bonds is 5. The zero-order valence-electron chi connectivity index (χ0n) is 9.66. The van der Waals surface area contributed by atoms with Crippen LogP contribution >= 0.6 is 0 Å². The molecule has 1 rings (SSSR count). The molecular formula is C12H17N3O. The molecule has 0 saturated heterocycles. The Morgan fingerprint density at radius 2 is 2.38 bits per heavy atom. The number of carbonyl (C=O) groups is 1. The Morgan fingerprint density at radius 3 is 3.00 bits per heavy atom. The van der Waals surface area contributed by atoms with Crippen molar-refractivity contribution in [1.82, 2.24) is 10.3 Å². The zero-order valence-corrected chi connectivity index (χ0v) is 9.66. The highest BCUT2D eigenvalue weighted by molar-refractivity contribution is 5.93. The first-order valence-electron chi connectivity index (χ1n) is 5.25. The van der Waals surface area contributed by atoms with E-state index in [1.165, 1.54) is 0 Å². The smallest absolute Gasteiger partial charge is 0.270 e. The van der Waals surface area contributed by atoms with Crippen molar-refractivity contribution < 1.29 is 4.79 Å². The van der Waals surface area contributed by atoms with Gasteiger partial charge in [0.05, 0.1) is 0 Å². The molecule has 1 heterocycles. The normalized spacial score (nSPS) is 9.94. The highest BCUT2D eigenvalue weighted by atomic mass is 16.1. The van der Waals surface area contributed by atoms with Gasteiger partial charge in [-0.3, -0.25) is 9.78 Å². The monoisotopic (exact) mass is 219 g/mol. The summed E-state index contributed by atoms with van der Waals surface area (Å²) in [5, 5.41) is 5.90. The molecule has 1 aromatic heterocycles. The highest BCUT2D eigenvalue weighted by Crippen LogP contribution is 2.07. The summed E-state index contributed by atoms with van der Waals surface area (Å²) in [6, 6.07) is 3.65. The topological polar surface area (TPSA) is 54.0 Å². The summed E-state index contributed by atoms with van der Waals surface area (Å²) >= 11 is 0. The fraction of sp³-hybridized carbons (Fsp3) is 0.333. The van der Waals surface area contributed by atoms with E-state index in [2.05, 4.69) is 22.2 Å².